The molecule has 0 aliphatic carbocycles. The Morgan fingerprint density at radius 3 is 2.57 bits per heavy atom. The van der Waals surface area contributed by atoms with E-state index in [1.165, 1.54) is 0 Å². The minimum atomic E-state index is -0.413. The van der Waals surface area contributed by atoms with E-state index < -0.39 is 5.91 Å². The first kappa shape index (κ1) is 24.1. The third kappa shape index (κ3) is 7.27. The number of hydrogen-bond donors (Lipinski definition) is 3. The molecule has 0 aliphatic rings. The number of anilines is 2. The summed E-state index contributed by atoms with van der Waals surface area (Å²) in [6.07, 6.45) is 2.00. The molecule has 2 rings (SSSR count). The van der Waals surface area contributed by atoms with Crippen molar-refractivity contribution in [1.29, 1.82) is 0 Å². The second kappa shape index (κ2) is 11.9. The fourth-order valence-electron chi connectivity index (χ4n) is 2.49. The molecule has 0 atom stereocenters. The Bertz CT molecular complexity index is 940. The minimum absolute atomic E-state index is 0.0698. The highest BCUT2D eigenvalue weighted by Gasteiger charge is 2.15. The number of ether oxygens (including phenoxy) is 1. The number of carbonyl (C=O) groups excluding carboxylic acids is 2. The molecule has 0 heterocycles. The van der Waals surface area contributed by atoms with Gasteiger partial charge in [-0.05, 0) is 61.5 Å². The molecule has 2 amide bonds. The van der Waals surface area contributed by atoms with E-state index in [9.17, 15) is 9.59 Å². The molecule has 2 aromatic carbocycles. The van der Waals surface area contributed by atoms with Gasteiger partial charge < -0.3 is 15.4 Å². The molecule has 6 nitrogen and oxygen atoms in total. The maximum absolute atomic E-state index is 12.7. The molecule has 0 unspecified atom stereocenters. The highest BCUT2D eigenvalue weighted by Crippen LogP contribution is 2.26. The van der Waals surface area contributed by atoms with Crippen molar-refractivity contribution in [3.63, 3.8) is 0 Å². The Hall–Kier alpha value is -2.16. The van der Waals surface area contributed by atoms with Crippen molar-refractivity contribution in [2.75, 3.05) is 17.2 Å². The zero-order valence-corrected chi connectivity index (χ0v) is 19.8. The Morgan fingerprint density at radius 1 is 1.10 bits per heavy atom. The van der Waals surface area contributed by atoms with Crippen LogP contribution in [-0.2, 0) is 4.79 Å². The van der Waals surface area contributed by atoms with Crippen molar-refractivity contribution in [2.45, 2.75) is 33.1 Å². The first-order chi connectivity index (χ1) is 14.3. The summed E-state index contributed by atoms with van der Waals surface area (Å²) in [6.45, 7) is 4.41. The summed E-state index contributed by atoms with van der Waals surface area (Å²) in [7, 11) is 0. The molecular weight excluding hydrogens is 490 g/mol. The molecular formula is C21H23BrClN3O3S. The number of thiocarbonyl (C=S) groups is 1. The molecule has 0 bridgehead atoms. The van der Waals surface area contributed by atoms with Crippen LogP contribution in [0.25, 0.3) is 0 Å². The van der Waals surface area contributed by atoms with Crippen molar-refractivity contribution >= 4 is 68.1 Å². The molecule has 0 fully saturated rings. The zero-order chi connectivity index (χ0) is 22.1. The van der Waals surface area contributed by atoms with Gasteiger partial charge in [0.05, 0.1) is 22.9 Å². The summed E-state index contributed by atoms with van der Waals surface area (Å²) in [6, 6.07) is 10.2. The Labute approximate surface area is 194 Å². The molecule has 3 N–H and O–H groups in total. The number of nitrogens with one attached hydrogen (secondary N) is 3. The fourth-order valence-corrected chi connectivity index (χ4v) is 3.22. The predicted octanol–water partition coefficient (Wildman–Crippen LogP) is 5.76. The molecule has 0 aliphatic heterocycles. The van der Waals surface area contributed by atoms with Gasteiger partial charge in [0.25, 0.3) is 5.91 Å². The van der Waals surface area contributed by atoms with Crippen molar-refractivity contribution in [1.82, 2.24) is 5.32 Å². The van der Waals surface area contributed by atoms with Crippen molar-refractivity contribution < 1.29 is 14.3 Å². The van der Waals surface area contributed by atoms with Crippen LogP contribution in [0.5, 0.6) is 5.75 Å². The highest BCUT2D eigenvalue weighted by atomic mass is 79.9. The van der Waals surface area contributed by atoms with Gasteiger partial charge in [-0.3, -0.25) is 14.9 Å². The monoisotopic (exact) mass is 511 g/mol. The third-order valence-corrected chi connectivity index (χ3v) is 4.88. The van der Waals surface area contributed by atoms with Gasteiger partial charge in [0.1, 0.15) is 5.75 Å². The van der Waals surface area contributed by atoms with Crippen LogP contribution < -0.4 is 20.7 Å². The van der Waals surface area contributed by atoms with E-state index in [1.54, 1.807) is 36.4 Å². The Balaban J connectivity index is 2.09. The molecule has 0 spiro atoms. The van der Waals surface area contributed by atoms with Gasteiger partial charge in [0, 0.05) is 16.6 Å². The van der Waals surface area contributed by atoms with Crippen molar-refractivity contribution in [3.8, 4) is 5.75 Å². The van der Waals surface area contributed by atoms with E-state index in [0.29, 0.717) is 40.7 Å². The Morgan fingerprint density at radius 2 is 1.87 bits per heavy atom. The molecule has 0 saturated carbocycles. The summed E-state index contributed by atoms with van der Waals surface area (Å²) < 4.78 is 6.39. The number of rotatable bonds is 8. The van der Waals surface area contributed by atoms with Gasteiger partial charge in [-0.15, -0.1) is 0 Å². The summed E-state index contributed by atoms with van der Waals surface area (Å²) in [5, 5.41) is 8.79. The zero-order valence-electron chi connectivity index (χ0n) is 16.7. The molecule has 0 aromatic heterocycles. The van der Waals surface area contributed by atoms with Crippen LogP contribution in [0.4, 0.5) is 11.4 Å². The van der Waals surface area contributed by atoms with E-state index >= 15 is 0 Å². The van der Waals surface area contributed by atoms with Crippen molar-refractivity contribution in [2.24, 2.45) is 0 Å². The largest absolute Gasteiger partial charge is 0.493 e. The number of carbonyl (C=O) groups is 2. The van der Waals surface area contributed by atoms with E-state index in [-0.39, 0.29) is 11.0 Å². The normalized spacial score (nSPS) is 10.3. The smallest absolute Gasteiger partial charge is 0.261 e. The highest BCUT2D eigenvalue weighted by molar-refractivity contribution is 9.10. The maximum Gasteiger partial charge on any atom is 0.261 e. The van der Waals surface area contributed by atoms with Crippen LogP contribution in [0.15, 0.2) is 40.9 Å². The maximum atomic E-state index is 12.7. The Kier molecular flexibility index (Phi) is 9.55. The number of amides is 2. The summed E-state index contributed by atoms with van der Waals surface area (Å²) in [5.74, 6) is -0.0293. The topological polar surface area (TPSA) is 79.5 Å². The van der Waals surface area contributed by atoms with Gasteiger partial charge in [0.2, 0.25) is 5.91 Å². The van der Waals surface area contributed by atoms with E-state index in [1.807, 2.05) is 13.8 Å². The van der Waals surface area contributed by atoms with Crippen LogP contribution in [0, 0.1) is 0 Å². The third-order valence-electron chi connectivity index (χ3n) is 3.85. The van der Waals surface area contributed by atoms with Crippen LogP contribution in [0.1, 0.15) is 43.5 Å². The second-order valence-corrected chi connectivity index (χ2v) is 8.12. The molecule has 30 heavy (non-hydrogen) atoms. The van der Waals surface area contributed by atoms with Gasteiger partial charge in [-0.1, -0.05) is 41.4 Å². The fraction of sp³-hybridized carbons (Fsp3) is 0.286. The van der Waals surface area contributed by atoms with Gasteiger partial charge in [0.15, 0.2) is 5.11 Å². The lowest BCUT2D eigenvalue weighted by Crippen LogP contribution is -2.34. The average Bonchev–Trinajstić information content (AvgIpc) is 2.69. The van der Waals surface area contributed by atoms with E-state index in [2.05, 4.69) is 31.9 Å². The summed E-state index contributed by atoms with van der Waals surface area (Å²) >= 11 is 14.9. The first-order valence-corrected chi connectivity index (χ1v) is 11.1. The van der Waals surface area contributed by atoms with Crippen LogP contribution >= 0.6 is 39.7 Å². The average molecular weight is 513 g/mol. The van der Waals surface area contributed by atoms with Crippen molar-refractivity contribution in [3.05, 3.63) is 51.5 Å². The van der Waals surface area contributed by atoms with Crippen LogP contribution in [-0.4, -0.2) is 23.5 Å². The lowest BCUT2D eigenvalue weighted by Gasteiger charge is -2.14. The summed E-state index contributed by atoms with van der Waals surface area (Å²) in [5.41, 5.74) is 1.40. The number of halogens is 2. The first-order valence-electron chi connectivity index (χ1n) is 9.48. The molecule has 160 valence electrons. The van der Waals surface area contributed by atoms with Gasteiger partial charge in [-0.2, -0.15) is 0 Å². The van der Waals surface area contributed by atoms with Crippen LogP contribution in [0.3, 0.4) is 0 Å². The van der Waals surface area contributed by atoms with Gasteiger partial charge >= 0.3 is 0 Å². The van der Waals surface area contributed by atoms with E-state index in [0.717, 1.165) is 17.3 Å². The number of hydrogen-bond acceptors (Lipinski definition) is 4. The quantitative estimate of drug-likeness (QED) is 0.392. The molecule has 0 radical (unpaired) electrons. The van der Waals surface area contributed by atoms with Gasteiger partial charge in [-0.25, -0.2) is 0 Å². The predicted molar refractivity (Wildman–Crippen MR) is 129 cm³/mol. The van der Waals surface area contributed by atoms with Crippen LogP contribution in [0.2, 0.25) is 5.02 Å². The van der Waals surface area contributed by atoms with E-state index in [4.69, 9.17) is 28.6 Å². The molecule has 9 heteroatoms. The minimum Gasteiger partial charge on any atom is -0.493 e. The number of benzene rings is 2. The lowest BCUT2D eigenvalue weighted by atomic mass is 10.2. The standard InChI is InChI=1S/C21H23BrClN3O3S/c1-3-5-19(27)24-14-7-8-16(23)17(12-14)25-21(30)26-20(28)15-11-13(22)6-9-18(15)29-10-4-2/h6-9,11-12H,3-5,10H2,1-2H3,(H,24,27)(H2,25,26,28,30). The summed E-state index contributed by atoms with van der Waals surface area (Å²) in [4.78, 5) is 24.5. The molecule has 2 aromatic rings. The SMILES string of the molecule is CCCOc1ccc(Br)cc1C(=O)NC(=S)Nc1cc(NC(=O)CCC)ccc1Cl. The lowest BCUT2D eigenvalue weighted by molar-refractivity contribution is -0.116. The molecule has 0 saturated heterocycles. The second-order valence-electron chi connectivity index (χ2n) is 6.39.